The molecular weight excluding hydrogens is 527 g/mol. The summed E-state index contributed by atoms with van der Waals surface area (Å²) in [7, 11) is 0. The molecule has 11 nitrogen and oxygen atoms in total. The van der Waals surface area contributed by atoms with Gasteiger partial charge in [-0.15, -0.1) is 21.5 Å². The first-order valence-corrected chi connectivity index (χ1v) is 13.1. The quantitative estimate of drug-likeness (QED) is 0.403. The Hall–Kier alpha value is -3.49. The number of fused-ring (bicyclic) bond motifs is 2. The monoisotopic (exact) mass is 553 g/mol. The molecule has 0 atom stereocenters. The summed E-state index contributed by atoms with van der Waals surface area (Å²) in [5.41, 5.74) is 0. The normalized spacial score (nSPS) is 15.5. The number of aryl methyl sites for hydroxylation is 1. The third-order valence-corrected chi connectivity index (χ3v) is 7.45. The number of carbonyl (C=O) groups excluding carboxylic acids is 1. The SMILES string of the molecule is CCCc1cc2c(N3CCn4c(nnc4C(F)(F)F)C3)nc(OCCN(CC(=O)O)C(=O)C3CC3)nc2s1. The van der Waals surface area contributed by atoms with E-state index < -0.39 is 24.5 Å². The molecule has 0 unspecified atom stereocenters. The largest absolute Gasteiger partial charge is 0.480 e. The van der Waals surface area contributed by atoms with Gasteiger partial charge in [-0.05, 0) is 25.3 Å². The van der Waals surface area contributed by atoms with E-state index in [9.17, 15) is 27.9 Å². The number of ether oxygens (including phenoxy) is 1. The second-order valence-electron chi connectivity index (χ2n) is 9.30. The number of amides is 1. The van der Waals surface area contributed by atoms with Crippen LogP contribution in [0.4, 0.5) is 19.0 Å². The number of aliphatic carboxylic acids is 1. The Kier molecular flexibility index (Phi) is 7.11. The highest BCUT2D eigenvalue weighted by atomic mass is 32.1. The first kappa shape index (κ1) is 26.1. The minimum absolute atomic E-state index is 0.00680. The van der Waals surface area contributed by atoms with Gasteiger partial charge in [0.25, 0.3) is 0 Å². The molecule has 4 heterocycles. The molecule has 15 heteroatoms. The van der Waals surface area contributed by atoms with Crippen molar-refractivity contribution in [3.8, 4) is 6.01 Å². The maximum atomic E-state index is 13.3. The fourth-order valence-corrected chi connectivity index (χ4v) is 5.54. The molecule has 0 aromatic carbocycles. The highest BCUT2D eigenvalue weighted by Crippen LogP contribution is 2.36. The number of alkyl halides is 3. The number of thiophene rings is 1. The first-order valence-electron chi connectivity index (χ1n) is 12.3. The van der Waals surface area contributed by atoms with Gasteiger partial charge in [0, 0.05) is 23.9 Å². The van der Waals surface area contributed by atoms with Gasteiger partial charge in [0.2, 0.25) is 11.7 Å². The zero-order chi connectivity index (χ0) is 27.0. The number of carboxylic acid groups (broad SMARTS) is 1. The average Bonchev–Trinajstić information content (AvgIpc) is 3.48. The van der Waals surface area contributed by atoms with Crippen LogP contribution in [0.5, 0.6) is 6.01 Å². The van der Waals surface area contributed by atoms with E-state index in [-0.39, 0.29) is 56.4 Å². The maximum Gasteiger partial charge on any atom is 0.451 e. The Morgan fingerprint density at radius 1 is 1.24 bits per heavy atom. The zero-order valence-electron chi connectivity index (χ0n) is 20.6. The van der Waals surface area contributed by atoms with Crippen molar-refractivity contribution >= 4 is 39.2 Å². The molecule has 0 radical (unpaired) electrons. The molecule has 204 valence electrons. The topological polar surface area (TPSA) is 127 Å². The number of rotatable bonds is 10. The van der Waals surface area contributed by atoms with Crippen LogP contribution in [0.3, 0.4) is 0 Å². The van der Waals surface area contributed by atoms with E-state index in [4.69, 9.17) is 4.74 Å². The van der Waals surface area contributed by atoms with Crippen molar-refractivity contribution in [2.75, 3.05) is 31.1 Å². The lowest BCUT2D eigenvalue weighted by Crippen LogP contribution is -2.39. The smallest absolute Gasteiger partial charge is 0.451 e. The van der Waals surface area contributed by atoms with Crippen LogP contribution in [0, 0.1) is 5.92 Å². The summed E-state index contributed by atoms with van der Waals surface area (Å²) in [4.78, 5) is 37.6. The standard InChI is InChI=1S/C23H26F3N7O4S/c1-2-3-14-10-15-18(31-6-7-33-16(11-31)29-30-21(33)23(24,25)26)27-22(28-19(15)38-14)37-9-8-32(12-17(34)35)20(36)13-4-5-13/h10,13H,2-9,11-12H2,1H3,(H,34,35). The summed E-state index contributed by atoms with van der Waals surface area (Å²) in [6, 6.07) is 2.04. The molecule has 3 aromatic rings. The van der Waals surface area contributed by atoms with Crippen molar-refractivity contribution in [2.45, 2.75) is 51.9 Å². The number of hydrogen-bond acceptors (Lipinski definition) is 9. The van der Waals surface area contributed by atoms with E-state index in [0.717, 1.165) is 40.5 Å². The predicted octanol–water partition coefficient (Wildman–Crippen LogP) is 2.98. The second kappa shape index (κ2) is 10.3. The Morgan fingerprint density at radius 2 is 2.03 bits per heavy atom. The van der Waals surface area contributed by atoms with Crippen LogP contribution in [-0.4, -0.2) is 72.9 Å². The number of hydrogen-bond donors (Lipinski definition) is 1. The molecule has 38 heavy (non-hydrogen) atoms. The minimum Gasteiger partial charge on any atom is -0.480 e. The lowest BCUT2D eigenvalue weighted by molar-refractivity contribution is -0.147. The van der Waals surface area contributed by atoms with Crippen LogP contribution in [0.15, 0.2) is 6.07 Å². The van der Waals surface area contributed by atoms with E-state index in [2.05, 4.69) is 27.1 Å². The molecular formula is C23H26F3N7O4S. The molecule has 1 amide bonds. The van der Waals surface area contributed by atoms with Crippen molar-refractivity contribution in [1.82, 2.24) is 29.6 Å². The molecule has 5 rings (SSSR count). The lowest BCUT2D eigenvalue weighted by Gasteiger charge is -2.29. The summed E-state index contributed by atoms with van der Waals surface area (Å²) in [5, 5.41) is 17.0. The van der Waals surface area contributed by atoms with E-state index in [1.165, 1.54) is 16.2 Å². The highest BCUT2D eigenvalue weighted by Gasteiger charge is 2.40. The van der Waals surface area contributed by atoms with Crippen LogP contribution in [0.25, 0.3) is 10.2 Å². The van der Waals surface area contributed by atoms with Crippen LogP contribution >= 0.6 is 11.3 Å². The second-order valence-corrected chi connectivity index (χ2v) is 10.4. The van der Waals surface area contributed by atoms with Crippen molar-refractivity contribution < 1.29 is 32.6 Å². The number of halogens is 3. The van der Waals surface area contributed by atoms with E-state index in [1.807, 2.05) is 11.0 Å². The third kappa shape index (κ3) is 5.51. The zero-order valence-corrected chi connectivity index (χ0v) is 21.4. The van der Waals surface area contributed by atoms with Gasteiger partial charge in [-0.2, -0.15) is 23.1 Å². The Morgan fingerprint density at radius 3 is 2.71 bits per heavy atom. The summed E-state index contributed by atoms with van der Waals surface area (Å²) < 4.78 is 46.7. The van der Waals surface area contributed by atoms with E-state index >= 15 is 0 Å². The van der Waals surface area contributed by atoms with Gasteiger partial charge in [0.1, 0.15) is 23.8 Å². The molecule has 0 saturated heterocycles. The molecule has 1 aliphatic carbocycles. The molecule has 1 N–H and O–H groups in total. The number of carboxylic acids is 1. The number of aromatic nitrogens is 5. The lowest BCUT2D eigenvalue weighted by atomic mass is 10.2. The average molecular weight is 554 g/mol. The van der Waals surface area contributed by atoms with Crippen LogP contribution in [0.2, 0.25) is 0 Å². The third-order valence-electron chi connectivity index (χ3n) is 6.36. The van der Waals surface area contributed by atoms with Crippen molar-refractivity contribution in [3.05, 3.63) is 22.6 Å². The predicted molar refractivity (Wildman–Crippen MR) is 130 cm³/mol. The maximum absolute atomic E-state index is 13.3. The molecule has 1 aliphatic heterocycles. The number of carbonyl (C=O) groups is 2. The van der Waals surface area contributed by atoms with Gasteiger partial charge < -0.3 is 24.2 Å². The number of anilines is 1. The van der Waals surface area contributed by atoms with Crippen molar-refractivity contribution in [1.29, 1.82) is 0 Å². The molecule has 0 spiro atoms. The number of nitrogens with zero attached hydrogens (tertiary/aromatic N) is 7. The van der Waals surface area contributed by atoms with Gasteiger partial charge >= 0.3 is 18.2 Å². The minimum atomic E-state index is -4.59. The van der Waals surface area contributed by atoms with Gasteiger partial charge in [-0.3, -0.25) is 9.59 Å². The van der Waals surface area contributed by atoms with Gasteiger partial charge in [0.15, 0.2) is 5.82 Å². The molecule has 2 aliphatic rings. The molecule has 3 aromatic heterocycles. The fraction of sp³-hybridized carbons (Fsp3) is 0.565. The summed E-state index contributed by atoms with van der Waals surface area (Å²) in [6.07, 6.45) is -1.31. The van der Waals surface area contributed by atoms with Gasteiger partial charge in [0.05, 0.1) is 18.5 Å². The van der Waals surface area contributed by atoms with Crippen LogP contribution in [-0.2, 0) is 35.3 Å². The molecule has 1 fully saturated rings. The summed E-state index contributed by atoms with van der Waals surface area (Å²) in [5.74, 6) is -1.75. The van der Waals surface area contributed by atoms with Crippen LogP contribution < -0.4 is 9.64 Å². The van der Waals surface area contributed by atoms with Crippen molar-refractivity contribution in [2.24, 2.45) is 5.92 Å². The summed E-state index contributed by atoms with van der Waals surface area (Å²) >= 11 is 1.49. The van der Waals surface area contributed by atoms with Gasteiger partial charge in [-0.25, -0.2) is 0 Å². The van der Waals surface area contributed by atoms with Gasteiger partial charge in [-0.1, -0.05) is 13.3 Å². The fourth-order valence-electron chi connectivity index (χ4n) is 4.43. The Bertz CT molecular complexity index is 1350. The Labute approximate surface area is 219 Å². The van der Waals surface area contributed by atoms with E-state index in [1.54, 1.807) is 0 Å². The van der Waals surface area contributed by atoms with Crippen molar-refractivity contribution in [3.63, 3.8) is 0 Å². The van der Waals surface area contributed by atoms with Crippen LogP contribution in [0.1, 0.15) is 42.7 Å². The highest BCUT2D eigenvalue weighted by molar-refractivity contribution is 7.18. The first-order chi connectivity index (χ1) is 18.1. The molecule has 1 saturated carbocycles. The Balaban J connectivity index is 1.38. The molecule has 0 bridgehead atoms. The van der Waals surface area contributed by atoms with E-state index in [0.29, 0.717) is 10.6 Å². The summed E-state index contributed by atoms with van der Waals surface area (Å²) in [6.45, 7) is 2.08.